The summed E-state index contributed by atoms with van der Waals surface area (Å²) < 4.78 is 14.5. The summed E-state index contributed by atoms with van der Waals surface area (Å²) in [5, 5.41) is 7.86. The molecule has 128 valence electrons. The molecule has 0 bridgehead atoms. The van der Waals surface area contributed by atoms with Gasteiger partial charge in [0.25, 0.3) is 0 Å². The Labute approximate surface area is 143 Å². The highest BCUT2D eigenvalue weighted by Gasteiger charge is 2.19. The zero-order valence-electron chi connectivity index (χ0n) is 13.5. The molecule has 0 unspecified atom stereocenters. The van der Waals surface area contributed by atoms with Crippen LogP contribution >= 0.6 is 0 Å². The van der Waals surface area contributed by atoms with Gasteiger partial charge in [-0.05, 0) is 37.1 Å². The molecule has 3 heterocycles. The van der Waals surface area contributed by atoms with Gasteiger partial charge in [-0.15, -0.1) is 0 Å². The predicted molar refractivity (Wildman–Crippen MR) is 91.8 cm³/mol. The van der Waals surface area contributed by atoms with Crippen LogP contribution in [0.15, 0.2) is 36.8 Å². The second-order valence-electron chi connectivity index (χ2n) is 5.99. The van der Waals surface area contributed by atoms with Gasteiger partial charge in [0, 0.05) is 18.8 Å². The zero-order chi connectivity index (χ0) is 17.2. The molecule has 1 aromatic carbocycles. The Morgan fingerprint density at radius 3 is 2.68 bits per heavy atom. The molecular formula is C17H17FN6O. The van der Waals surface area contributed by atoms with Gasteiger partial charge >= 0.3 is 0 Å². The van der Waals surface area contributed by atoms with E-state index in [4.69, 9.17) is 0 Å². The van der Waals surface area contributed by atoms with Crippen LogP contribution < -0.4 is 10.2 Å². The lowest BCUT2D eigenvalue weighted by Gasteiger charge is -2.16. The Morgan fingerprint density at radius 2 is 1.92 bits per heavy atom. The molecule has 0 saturated carbocycles. The molecule has 3 aromatic rings. The Balaban J connectivity index is 1.54. The topological polar surface area (TPSA) is 75.9 Å². The quantitative estimate of drug-likeness (QED) is 0.788. The number of nitrogens with zero attached hydrogens (tertiary/aromatic N) is 5. The van der Waals surface area contributed by atoms with Gasteiger partial charge in [0.05, 0.1) is 11.6 Å². The zero-order valence-corrected chi connectivity index (χ0v) is 13.5. The van der Waals surface area contributed by atoms with Crippen LogP contribution in [0.25, 0.3) is 11.0 Å². The van der Waals surface area contributed by atoms with Crippen molar-refractivity contribution in [1.82, 2.24) is 19.7 Å². The minimum absolute atomic E-state index is 0.0251. The summed E-state index contributed by atoms with van der Waals surface area (Å²) in [6, 6.07) is 5.63. The lowest BCUT2D eigenvalue weighted by atomic mass is 10.3. The van der Waals surface area contributed by atoms with Crippen LogP contribution in [-0.2, 0) is 11.3 Å². The van der Waals surface area contributed by atoms with E-state index >= 15 is 0 Å². The summed E-state index contributed by atoms with van der Waals surface area (Å²) in [7, 11) is 0. The van der Waals surface area contributed by atoms with Crippen LogP contribution in [0.5, 0.6) is 0 Å². The third kappa shape index (κ3) is 3.15. The first-order valence-electron chi connectivity index (χ1n) is 8.17. The van der Waals surface area contributed by atoms with E-state index in [1.54, 1.807) is 10.9 Å². The van der Waals surface area contributed by atoms with Crippen LogP contribution in [0.3, 0.4) is 0 Å². The number of hydrogen-bond acceptors (Lipinski definition) is 5. The summed E-state index contributed by atoms with van der Waals surface area (Å²) >= 11 is 0. The molecule has 0 aliphatic carbocycles. The van der Waals surface area contributed by atoms with Crippen molar-refractivity contribution in [3.05, 3.63) is 42.6 Å². The predicted octanol–water partition coefficient (Wildman–Crippen LogP) is 2.20. The van der Waals surface area contributed by atoms with Gasteiger partial charge in [-0.1, -0.05) is 0 Å². The van der Waals surface area contributed by atoms with Gasteiger partial charge in [-0.3, -0.25) is 4.79 Å². The Hall–Kier alpha value is -3.03. The third-order valence-electron chi connectivity index (χ3n) is 4.24. The van der Waals surface area contributed by atoms with Gasteiger partial charge in [0.1, 0.15) is 24.5 Å². The molecular weight excluding hydrogens is 323 g/mol. The van der Waals surface area contributed by atoms with E-state index in [2.05, 4.69) is 25.3 Å². The SMILES string of the molecule is O=C(Cn1ncc2c(N3CCCC3)ncnc21)Nc1ccc(F)cc1. The van der Waals surface area contributed by atoms with Gasteiger partial charge in [-0.2, -0.15) is 5.10 Å². The highest BCUT2D eigenvalue weighted by Crippen LogP contribution is 2.25. The molecule has 0 atom stereocenters. The van der Waals surface area contributed by atoms with Crippen LogP contribution in [0.2, 0.25) is 0 Å². The monoisotopic (exact) mass is 340 g/mol. The molecule has 2 aromatic heterocycles. The molecule has 25 heavy (non-hydrogen) atoms. The van der Waals surface area contributed by atoms with E-state index in [9.17, 15) is 9.18 Å². The van der Waals surface area contributed by atoms with Crippen molar-refractivity contribution in [3.63, 3.8) is 0 Å². The standard InChI is InChI=1S/C17H17FN6O/c18-12-3-5-13(6-4-12)22-15(25)10-24-17-14(9-21-24)16(19-11-20-17)23-7-1-2-8-23/h3-6,9,11H,1-2,7-8,10H2,(H,22,25). The molecule has 0 radical (unpaired) electrons. The van der Waals surface area contributed by atoms with Gasteiger partial charge < -0.3 is 10.2 Å². The maximum atomic E-state index is 12.9. The van der Waals surface area contributed by atoms with Crippen molar-refractivity contribution in [3.8, 4) is 0 Å². The van der Waals surface area contributed by atoms with E-state index in [1.165, 1.54) is 30.6 Å². The molecule has 8 heteroatoms. The number of hydrogen-bond donors (Lipinski definition) is 1. The number of nitrogens with one attached hydrogen (secondary N) is 1. The van der Waals surface area contributed by atoms with Crippen LogP contribution in [0.1, 0.15) is 12.8 Å². The number of halogens is 1. The lowest BCUT2D eigenvalue weighted by Crippen LogP contribution is -2.20. The number of benzene rings is 1. The van der Waals surface area contributed by atoms with Crippen molar-refractivity contribution >= 4 is 28.4 Å². The number of carbonyl (C=O) groups excluding carboxylic acids is 1. The number of amides is 1. The van der Waals surface area contributed by atoms with Crippen LogP contribution in [0, 0.1) is 5.82 Å². The van der Waals surface area contributed by atoms with Gasteiger partial charge in [0.15, 0.2) is 5.65 Å². The first-order valence-corrected chi connectivity index (χ1v) is 8.17. The van der Waals surface area contributed by atoms with Crippen molar-refractivity contribution in [2.24, 2.45) is 0 Å². The van der Waals surface area contributed by atoms with Crippen molar-refractivity contribution in [2.45, 2.75) is 19.4 Å². The Kier molecular flexibility index (Phi) is 4.01. The Bertz CT molecular complexity index is 901. The molecule has 7 nitrogen and oxygen atoms in total. The number of aromatic nitrogens is 4. The molecule has 0 spiro atoms. The fourth-order valence-electron chi connectivity index (χ4n) is 3.05. The summed E-state index contributed by atoms with van der Waals surface area (Å²) in [5.74, 6) is 0.271. The average molecular weight is 340 g/mol. The first-order chi connectivity index (χ1) is 12.2. The molecule has 1 N–H and O–H groups in total. The highest BCUT2D eigenvalue weighted by atomic mass is 19.1. The fourth-order valence-corrected chi connectivity index (χ4v) is 3.05. The second kappa shape index (κ2) is 6.46. The Morgan fingerprint density at radius 1 is 1.16 bits per heavy atom. The van der Waals surface area contributed by atoms with E-state index in [0.717, 1.165) is 37.1 Å². The van der Waals surface area contributed by atoms with E-state index in [0.29, 0.717) is 11.3 Å². The third-order valence-corrected chi connectivity index (χ3v) is 4.24. The summed E-state index contributed by atoms with van der Waals surface area (Å²) in [4.78, 5) is 23.1. The first kappa shape index (κ1) is 15.5. The normalized spacial score (nSPS) is 14.2. The average Bonchev–Trinajstić information content (AvgIpc) is 3.27. The largest absolute Gasteiger partial charge is 0.356 e. The van der Waals surface area contributed by atoms with Crippen LogP contribution in [0.4, 0.5) is 15.9 Å². The van der Waals surface area contributed by atoms with Crippen molar-refractivity contribution < 1.29 is 9.18 Å². The number of anilines is 2. The minimum atomic E-state index is -0.345. The minimum Gasteiger partial charge on any atom is -0.356 e. The summed E-state index contributed by atoms with van der Waals surface area (Å²) in [5.41, 5.74) is 1.17. The maximum absolute atomic E-state index is 12.9. The number of fused-ring (bicyclic) bond motifs is 1. The van der Waals surface area contributed by atoms with Gasteiger partial charge in [-0.25, -0.2) is 19.0 Å². The van der Waals surface area contributed by atoms with E-state index in [-0.39, 0.29) is 18.3 Å². The fraction of sp³-hybridized carbons (Fsp3) is 0.294. The number of carbonyl (C=O) groups is 1. The second-order valence-corrected chi connectivity index (χ2v) is 5.99. The van der Waals surface area contributed by atoms with Gasteiger partial charge in [0.2, 0.25) is 5.91 Å². The molecule has 1 aliphatic heterocycles. The summed E-state index contributed by atoms with van der Waals surface area (Å²) in [6.45, 7) is 1.97. The smallest absolute Gasteiger partial charge is 0.246 e. The molecule has 1 saturated heterocycles. The van der Waals surface area contributed by atoms with Crippen molar-refractivity contribution in [2.75, 3.05) is 23.3 Å². The molecule has 1 amide bonds. The van der Waals surface area contributed by atoms with Crippen molar-refractivity contribution in [1.29, 1.82) is 0 Å². The summed E-state index contributed by atoms with van der Waals surface area (Å²) in [6.07, 6.45) is 5.51. The van der Waals surface area contributed by atoms with E-state index in [1.807, 2.05) is 0 Å². The number of rotatable bonds is 4. The maximum Gasteiger partial charge on any atom is 0.246 e. The molecule has 1 aliphatic rings. The lowest BCUT2D eigenvalue weighted by molar-refractivity contribution is -0.116. The molecule has 1 fully saturated rings. The molecule has 4 rings (SSSR count). The van der Waals surface area contributed by atoms with Crippen LogP contribution in [-0.4, -0.2) is 38.7 Å². The van der Waals surface area contributed by atoms with E-state index < -0.39 is 0 Å². The highest BCUT2D eigenvalue weighted by molar-refractivity contribution is 5.92.